The topological polar surface area (TPSA) is 17.8 Å². The van der Waals surface area contributed by atoms with Gasteiger partial charge in [-0.15, -0.1) is 0 Å². The number of hydrogen-bond donors (Lipinski definition) is 0. The average Bonchev–Trinajstić information content (AvgIpc) is 2.58. The molecule has 0 aliphatic heterocycles. The van der Waals surface area contributed by atoms with Crippen LogP contribution in [0.25, 0.3) is 0 Å². The molecule has 2 rings (SSSR count). The minimum atomic E-state index is -0.655. The van der Waals surface area contributed by atoms with E-state index < -0.39 is 6.17 Å². The Morgan fingerprint density at radius 1 is 1.58 bits per heavy atom. The number of hydrogen-bond acceptors (Lipinski definition) is 1. The maximum atomic E-state index is 12.8. The van der Waals surface area contributed by atoms with E-state index in [4.69, 9.17) is 11.6 Å². The summed E-state index contributed by atoms with van der Waals surface area (Å²) < 4.78 is 14.6. The van der Waals surface area contributed by atoms with Crippen molar-refractivity contribution >= 4 is 11.6 Å². The van der Waals surface area contributed by atoms with Crippen LogP contribution in [0.1, 0.15) is 25.3 Å². The highest BCUT2D eigenvalue weighted by atomic mass is 35.5. The molecule has 66 valence electrons. The van der Waals surface area contributed by atoms with Crippen LogP contribution in [0.5, 0.6) is 0 Å². The molecule has 2 nitrogen and oxygen atoms in total. The Morgan fingerprint density at radius 2 is 2.42 bits per heavy atom. The molecule has 1 aliphatic rings. The molecule has 0 spiro atoms. The van der Waals surface area contributed by atoms with E-state index in [2.05, 4.69) is 5.10 Å². The van der Waals surface area contributed by atoms with E-state index in [1.165, 1.54) is 0 Å². The van der Waals surface area contributed by atoms with Gasteiger partial charge in [-0.25, -0.2) is 4.39 Å². The first-order valence-corrected chi connectivity index (χ1v) is 4.47. The Hall–Kier alpha value is -0.570. The fourth-order valence-electron chi connectivity index (χ4n) is 1.66. The van der Waals surface area contributed by atoms with Crippen molar-refractivity contribution < 1.29 is 4.39 Å². The third kappa shape index (κ3) is 1.46. The zero-order valence-electron chi connectivity index (χ0n) is 6.58. The summed E-state index contributed by atoms with van der Waals surface area (Å²) >= 11 is 5.70. The van der Waals surface area contributed by atoms with Crippen molar-refractivity contribution in [2.75, 3.05) is 0 Å². The van der Waals surface area contributed by atoms with Crippen molar-refractivity contribution in [2.24, 2.45) is 0 Å². The Kier molecular flexibility index (Phi) is 2.05. The van der Waals surface area contributed by atoms with E-state index in [0.29, 0.717) is 17.9 Å². The number of aromatic nitrogens is 2. The van der Waals surface area contributed by atoms with Crippen molar-refractivity contribution in [3.05, 3.63) is 17.4 Å². The second-order valence-electron chi connectivity index (χ2n) is 3.20. The molecule has 12 heavy (non-hydrogen) atoms. The molecule has 0 saturated heterocycles. The lowest BCUT2D eigenvalue weighted by Gasteiger charge is -2.08. The first kappa shape index (κ1) is 8.05. The van der Waals surface area contributed by atoms with Crippen molar-refractivity contribution in [3.63, 3.8) is 0 Å². The van der Waals surface area contributed by atoms with Gasteiger partial charge in [0.1, 0.15) is 6.17 Å². The van der Waals surface area contributed by atoms with Gasteiger partial charge in [-0.2, -0.15) is 5.10 Å². The molecule has 0 N–H and O–H groups in total. The quantitative estimate of drug-likeness (QED) is 0.663. The maximum Gasteiger partial charge on any atom is 0.102 e. The van der Waals surface area contributed by atoms with Crippen LogP contribution in [-0.4, -0.2) is 16.0 Å². The number of nitrogens with zero attached hydrogens (tertiary/aromatic N) is 2. The summed E-state index contributed by atoms with van der Waals surface area (Å²) in [5.41, 5.74) is 0. The summed E-state index contributed by atoms with van der Waals surface area (Å²) in [6.45, 7) is 0. The molecule has 1 aliphatic carbocycles. The number of halogens is 2. The van der Waals surface area contributed by atoms with Crippen molar-refractivity contribution in [3.8, 4) is 0 Å². The Labute approximate surface area is 75.3 Å². The number of alkyl halides is 1. The van der Waals surface area contributed by atoms with Gasteiger partial charge in [-0.1, -0.05) is 11.6 Å². The molecule has 2 unspecified atom stereocenters. The van der Waals surface area contributed by atoms with Crippen molar-refractivity contribution in [1.29, 1.82) is 0 Å². The van der Waals surface area contributed by atoms with E-state index >= 15 is 0 Å². The highest BCUT2D eigenvalue weighted by molar-refractivity contribution is 6.30. The third-order valence-corrected chi connectivity index (χ3v) is 2.48. The average molecular weight is 189 g/mol. The van der Waals surface area contributed by atoms with Gasteiger partial charge in [0.2, 0.25) is 0 Å². The third-order valence-electron chi connectivity index (χ3n) is 2.29. The van der Waals surface area contributed by atoms with Gasteiger partial charge in [-0.05, 0) is 12.8 Å². The highest BCUT2D eigenvalue weighted by Crippen LogP contribution is 2.31. The van der Waals surface area contributed by atoms with Gasteiger partial charge in [0.25, 0.3) is 0 Å². The molecule has 4 heteroatoms. The summed E-state index contributed by atoms with van der Waals surface area (Å²) in [5, 5.41) is 4.67. The van der Waals surface area contributed by atoms with Gasteiger partial charge in [0, 0.05) is 12.6 Å². The molecule has 1 heterocycles. The summed E-state index contributed by atoms with van der Waals surface area (Å²) in [6, 6.07) is 0.215. The Morgan fingerprint density at radius 3 is 2.92 bits per heavy atom. The Bertz CT molecular complexity index is 274. The standard InChI is InChI=1S/C8H10ClFN2/c9-6-4-11-12(5-6)8-2-1-7(10)3-8/h4-5,7-8H,1-3H2. The number of rotatable bonds is 1. The van der Waals surface area contributed by atoms with Crippen LogP contribution in [0, 0.1) is 0 Å². The van der Waals surface area contributed by atoms with Gasteiger partial charge in [0.15, 0.2) is 0 Å². The van der Waals surface area contributed by atoms with Crippen molar-refractivity contribution in [2.45, 2.75) is 31.5 Å². The van der Waals surface area contributed by atoms with E-state index in [1.54, 1.807) is 17.1 Å². The summed E-state index contributed by atoms with van der Waals surface area (Å²) in [7, 11) is 0. The molecule has 0 bridgehead atoms. The molecule has 1 fully saturated rings. The summed E-state index contributed by atoms with van der Waals surface area (Å²) in [5.74, 6) is 0. The molecule has 0 amide bonds. The van der Waals surface area contributed by atoms with Gasteiger partial charge in [0.05, 0.1) is 17.3 Å². The Balaban J connectivity index is 2.11. The second kappa shape index (κ2) is 3.05. The zero-order valence-corrected chi connectivity index (χ0v) is 7.34. The highest BCUT2D eigenvalue weighted by Gasteiger charge is 2.25. The summed E-state index contributed by atoms with van der Waals surface area (Å²) in [6.07, 6.45) is 4.80. The SMILES string of the molecule is FC1CCC(n2cc(Cl)cn2)C1. The molecule has 1 saturated carbocycles. The predicted molar refractivity (Wildman–Crippen MR) is 45.0 cm³/mol. The van der Waals surface area contributed by atoms with Crippen LogP contribution in [0.2, 0.25) is 5.02 Å². The van der Waals surface area contributed by atoms with E-state index in [9.17, 15) is 4.39 Å². The molecular formula is C8H10ClFN2. The molecular weight excluding hydrogens is 179 g/mol. The molecule has 1 aromatic heterocycles. The van der Waals surface area contributed by atoms with Gasteiger partial charge >= 0.3 is 0 Å². The van der Waals surface area contributed by atoms with Crippen molar-refractivity contribution in [1.82, 2.24) is 9.78 Å². The first-order chi connectivity index (χ1) is 5.75. The molecule has 0 radical (unpaired) electrons. The maximum absolute atomic E-state index is 12.8. The van der Waals surface area contributed by atoms with Gasteiger partial charge in [-0.3, -0.25) is 4.68 Å². The smallest absolute Gasteiger partial charge is 0.102 e. The zero-order chi connectivity index (χ0) is 8.55. The fraction of sp³-hybridized carbons (Fsp3) is 0.625. The lowest BCUT2D eigenvalue weighted by atomic mass is 10.2. The van der Waals surface area contributed by atoms with E-state index in [1.807, 2.05) is 0 Å². The van der Waals surface area contributed by atoms with Crippen LogP contribution in [0.4, 0.5) is 4.39 Å². The lowest BCUT2D eigenvalue weighted by molar-refractivity contribution is 0.326. The van der Waals surface area contributed by atoms with Crippen LogP contribution in [0.3, 0.4) is 0 Å². The van der Waals surface area contributed by atoms with Crippen LogP contribution in [0.15, 0.2) is 12.4 Å². The van der Waals surface area contributed by atoms with Gasteiger partial charge < -0.3 is 0 Å². The van der Waals surface area contributed by atoms with E-state index in [0.717, 1.165) is 6.42 Å². The molecule has 2 atom stereocenters. The minimum absolute atomic E-state index is 0.215. The lowest BCUT2D eigenvalue weighted by Crippen LogP contribution is -2.05. The van der Waals surface area contributed by atoms with Crippen LogP contribution < -0.4 is 0 Å². The van der Waals surface area contributed by atoms with Crippen LogP contribution >= 0.6 is 11.6 Å². The predicted octanol–water partition coefficient (Wildman–Crippen LogP) is 2.60. The first-order valence-electron chi connectivity index (χ1n) is 4.09. The van der Waals surface area contributed by atoms with E-state index in [-0.39, 0.29) is 6.04 Å². The molecule has 1 aromatic rings. The minimum Gasteiger partial charge on any atom is -0.268 e. The summed E-state index contributed by atoms with van der Waals surface area (Å²) in [4.78, 5) is 0. The normalized spacial score (nSPS) is 29.5. The van der Waals surface area contributed by atoms with Crippen LogP contribution in [-0.2, 0) is 0 Å². The molecule has 0 aromatic carbocycles. The fourth-order valence-corrected chi connectivity index (χ4v) is 1.80. The monoisotopic (exact) mass is 188 g/mol. The second-order valence-corrected chi connectivity index (χ2v) is 3.64. The largest absolute Gasteiger partial charge is 0.268 e.